The van der Waals surface area contributed by atoms with Gasteiger partial charge >= 0.3 is 0 Å². The smallest absolute Gasteiger partial charge is 0.193 e. The predicted molar refractivity (Wildman–Crippen MR) is 97.0 cm³/mol. The third kappa shape index (κ3) is 4.77. The van der Waals surface area contributed by atoms with Gasteiger partial charge in [-0.25, -0.2) is 0 Å². The van der Waals surface area contributed by atoms with Gasteiger partial charge in [-0.05, 0) is 57.5 Å². The zero-order valence-corrected chi connectivity index (χ0v) is 14.5. The Morgan fingerprint density at radius 3 is 2.79 bits per heavy atom. The van der Waals surface area contributed by atoms with Gasteiger partial charge in [0.2, 0.25) is 0 Å². The first kappa shape index (κ1) is 16.9. The molecule has 0 amide bonds. The molecule has 0 radical (unpaired) electrons. The Morgan fingerprint density at radius 1 is 1.25 bits per heavy atom. The Labute approximate surface area is 144 Å². The average molecular weight is 332 g/mol. The summed E-state index contributed by atoms with van der Waals surface area (Å²) in [5.74, 6) is 2.78. The summed E-state index contributed by atoms with van der Waals surface area (Å²) in [7, 11) is 2.19. The summed E-state index contributed by atoms with van der Waals surface area (Å²) in [5, 5.41) is 3.14. The number of fused-ring (bicyclic) bond motifs is 1. The van der Waals surface area contributed by atoms with E-state index in [1.807, 2.05) is 18.2 Å². The first-order valence-corrected chi connectivity index (χ1v) is 8.86. The first-order valence-electron chi connectivity index (χ1n) is 8.86. The Balaban J connectivity index is 1.49. The average Bonchev–Trinajstić information content (AvgIpc) is 2.81. The molecule has 0 aliphatic carbocycles. The monoisotopic (exact) mass is 332 g/mol. The van der Waals surface area contributed by atoms with Crippen LogP contribution in [0, 0.1) is 5.92 Å². The van der Waals surface area contributed by atoms with Gasteiger partial charge in [-0.15, -0.1) is 0 Å². The minimum Gasteiger partial charge on any atom is -0.490 e. The van der Waals surface area contributed by atoms with Crippen LogP contribution < -0.4 is 20.5 Å². The van der Waals surface area contributed by atoms with Crippen molar-refractivity contribution >= 4 is 11.6 Å². The fourth-order valence-electron chi connectivity index (χ4n) is 3.15. The number of nitrogens with one attached hydrogen (secondary N) is 1. The second-order valence-corrected chi connectivity index (χ2v) is 6.64. The number of anilines is 1. The number of nitrogens with zero attached hydrogens (tertiary/aromatic N) is 2. The number of likely N-dealkylation sites (tertiary alicyclic amines) is 1. The van der Waals surface area contributed by atoms with Gasteiger partial charge in [0, 0.05) is 24.7 Å². The van der Waals surface area contributed by atoms with Gasteiger partial charge in [0.1, 0.15) is 0 Å². The molecular weight excluding hydrogens is 304 g/mol. The summed E-state index contributed by atoms with van der Waals surface area (Å²) in [6.45, 7) is 4.54. The SMILES string of the molecule is CN1CCC(CCN=C(N)Nc2ccc3c(c2)OCCCO3)CC1. The van der Waals surface area contributed by atoms with E-state index < -0.39 is 0 Å². The molecule has 6 heteroatoms. The molecule has 1 saturated heterocycles. The number of hydrogen-bond acceptors (Lipinski definition) is 4. The summed E-state index contributed by atoms with van der Waals surface area (Å²) in [6.07, 6.45) is 4.54. The summed E-state index contributed by atoms with van der Waals surface area (Å²) in [6, 6.07) is 5.77. The van der Waals surface area contributed by atoms with E-state index in [4.69, 9.17) is 15.2 Å². The van der Waals surface area contributed by atoms with E-state index in [0.29, 0.717) is 19.2 Å². The summed E-state index contributed by atoms with van der Waals surface area (Å²) >= 11 is 0. The number of guanidine groups is 1. The number of ether oxygens (including phenoxy) is 2. The second kappa shape index (κ2) is 8.24. The zero-order chi connectivity index (χ0) is 16.8. The molecule has 132 valence electrons. The van der Waals surface area contributed by atoms with Crippen LogP contribution in [0.5, 0.6) is 11.5 Å². The molecule has 6 nitrogen and oxygen atoms in total. The Hall–Kier alpha value is -1.95. The maximum atomic E-state index is 6.01. The molecule has 0 atom stereocenters. The van der Waals surface area contributed by atoms with Crippen LogP contribution >= 0.6 is 0 Å². The fourth-order valence-corrected chi connectivity index (χ4v) is 3.15. The molecule has 2 heterocycles. The fraction of sp³-hybridized carbons (Fsp3) is 0.611. The van der Waals surface area contributed by atoms with Crippen LogP contribution in [-0.4, -0.2) is 50.8 Å². The minimum absolute atomic E-state index is 0.456. The molecule has 0 spiro atoms. The molecule has 2 aliphatic rings. The van der Waals surface area contributed by atoms with Crippen LogP contribution in [0.25, 0.3) is 0 Å². The molecule has 3 N–H and O–H groups in total. The first-order chi connectivity index (χ1) is 11.7. The minimum atomic E-state index is 0.456. The van der Waals surface area contributed by atoms with Crippen molar-refractivity contribution in [2.24, 2.45) is 16.6 Å². The summed E-state index contributed by atoms with van der Waals surface area (Å²) in [4.78, 5) is 6.85. The van der Waals surface area contributed by atoms with E-state index in [-0.39, 0.29) is 0 Å². The number of hydrogen-bond donors (Lipinski definition) is 2. The van der Waals surface area contributed by atoms with Crippen molar-refractivity contribution < 1.29 is 9.47 Å². The van der Waals surface area contributed by atoms with Gasteiger partial charge < -0.3 is 25.4 Å². The highest BCUT2D eigenvalue weighted by atomic mass is 16.5. The molecule has 0 aromatic heterocycles. The van der Waals surface area contributed by atoms with Gasteiger partial charge in [-0.3, -0.25) is 4.99 Å². The van der Waals surface area contributed by atoms with Crippen LogP contribution in [0.15, 0.2) is 23.2 Å². The van der Waals surface area contributed by atoms with E-state index in [0.717, 1.165) is 42.5 Å². The molecule has 24 heavy (non-hydrogen) atoms. The molecular formula is C18H28N4O2. The molecule has 2 aliphatic heterocycles. The number of piperidine rings is 1. The van der Waals surface area contributed by atoms with Crippen LogP contribution in [0.1, 0.15) is 25.7 Å². The van der Waals surface area contributed by atoms with Crippen LogP contribution in [0.3, 0.4) is 0 Å². The molecule has 1 aromatic carbocycles. The lowest BCUT2D eigenvalue weighted by molar-refractivity contribution is 0.214. The van der Waals surface area contributed by atoms with Gasteiger partial charge in [-0.1, -0.05) is 0 Å². The largest absolute Gasteiger partial charge is 0.490 e. The van der Waals surface area contributed by atoms with Crippen LogP contribution in [-0.2, 0) is 0 Å². The lowest BCUT2D eigenvalue weighted by Gasteiger charge is -2.28. The molecule has 1 fully saturated rings. The number of rotatable bonds is 4. The highest BCUT2D eigenvalue weighted by Crippen LogP contribution is 2.32. The molecule has 0 unspecified atom stereocenters. The third-order valence-corrected chi connectivity index (χ3v) is 4.68. The van der Waals surface area contributed by atoms with Crippen molar-refractivity contribution in [3.05, 3.63) is 18.2 Å². The highest BCUT2D eigenvalue weighted by molar-refractivity contribution is 5.92. The number of benzene rings is 1. The lowest BCUT2D eigenvalue weighted by atomic mass is 9.94. The van der Waals surface area contributed by atoms with Gasteiger partial charge in [-0.2, -0.15) is 0 Å². The van der Waals surface area contributed by atoms with E-state index in [1.54, 1.807) is 0 Å². The number of nitrogens with two attached hydrogens (primary N) is 1. The van der Waals surface area contributed by atoms with Crippen molar-refractivity contribution in [3.63, 3.8) is 0 Å². The van der Waals surface area contributed by atoms with E-state index in [2.05, 4.69) is 22.3 Å². The van der Waals surface area contributed by atoms with Gasteiger partial charge in [0.25, 0.3) is 0 Å². The molecule has 0 bridgehead atoms. The summed E-state index contributed by atoms with van der Waals surface area (Å²) in [5.41, 5.74) is 6.88. The summed E-state index contributed by atoms with van der Waals surface area (Å²) < 4.78 is 11.3. The molecule has 0 saturated carbocycles. The Kier molecular flexibility index (Phi) is 5.80. The Morgan fingerprint density at radius 2 is 2.00 bits per heavy atom. The van der Waals surface area contributed by atoms with Crippen molar-refractivity contribution in [2.45, 2.75) is 25.7 Å². The van der Waals surface area contributed by atoms with Gasteiger partial charge in [0.05, 0.1) is 13.2 Å². The maximum Gasteiger partial charge on any atom is 0.193 e. The standard InChI is InChI=1S/C18H28N4O2/c1-22-9-6-14(7-10-22)5-8-20-18(19)21-15-3-4-16-17(13-15)24-12-2-11-23-16/h3-4,13-14H,2,5-12H2,1H3,(H3,19,20,21). The normalized spacial score (nSPS) is 19.8. The highest BCUT2D eigenvalue weighted by Gasteiger charge is 2.16. The number of aliphatic imine (C=N–C) groups is 1. The van der Waals surface area contributed by atoms with Crippen molar-refractivity contribution in [3.8, 4) is 11.5 Å². The van der Waals surface area contributed by atoms with Crippen molar-refractivity contribution in [1.82, 2.24) is 4.90 Å². The predicted octanol–water partition coefficient (Wildman–Crippen LogP) is 2.31. The molecule has 1 aromatic rings. The quantitative estimate of drug-likeness (QED) is 0.654. The van der Waals surface area contributed by atoms with E-state index >= 15 is 0 Å². The van der Waals surface area contributed by atoms with Crippen molar-refractivity contribution in [1.29, 1.82) is 0 Å². The second-order valence-electron chi connectivity index (χ2n) is 6.64. The maximum absolute atomic E-state index is 6.01. The van der Waals surface area contributed by atoms with Gasteiger partial charge in [0.15, 0.2) is 17.5 Å². The van der Waals surface area contributed by atoms with Crippen LogP contribution in [0.4, 0.5) is 5.69 Å². The van der Waals surface area contributed by atoms with Crippen molar-refractivity contribution in [2.75, 3.05) is 45.2 Å². The third-order valence-electron chi connectivity index (χ3n) is 4.68. The lowest BCUT2D eigenvalue weighted by Crippen LogP contribution is -2.30. The zero-order valence-electron chi connectivity index (χ0n) is 14.5. The molecule has 3 rings (SSSR count). The Bertz CT molecular complexity index is 568. The van der Waals surface area contributed by atoms with E-state index in [9.17, 15) is 0 Å². The van der Waals surface area contributed by atoms with Crippen LogP contribution in [0.2, 0.25) is 0 Å². The topological polar surface area (TPSA) is 72.1 Å². The van der Waals surface area contributed by atoms with E-state index in [1.165, 1.54) is 25.9 Å².